The molecule has 33 heavy (non-hydrogen) atoms. The van der Waals surface area contributed by atoms with E-state index in [1.54, 1.807) is 44.0 Å². The maximum absolute atomic E-state index is 5.57. The van der Waals surface area contributed by atoms with Gasteiger partial charge in [-0.3, -0.25) is 0 Å². The van der Waals surface area contributed by atoms with Crippen LogP contribution < -0.4 is 19.2 Å². The van der Waals surface area contributed by atoms with E-state index in [2.05, 4.69) is 29.6 Å². The summed E-state index contributed by atoms with van der Waals surface area (Å²) in [7, 11) is 5.00. The molecule has 0 aliphatic carbocycles. The molecule has 0 amide bonds. The molecule has 0 spiro atoms. The summed E-state index contributed by atoms with van der Waals surface area (Å²) < 4.78 is 16.3. The quantitative estimate of drug-likeness (QED) is 0.315. The van der Waals surface area contributed by atoms with Gasteiger partial charge in [-0.15, -0.1) is 22.7 Å². The van der Waals surface area contributed by atoms with Crippen molar-refractivity contribution in [3.63, 3.8) is 0 Å². The number of hydrogen-bond donors (Lipinski definition) is 0. The topological polar surface area (TPSA) is 56.2 Å². The highest BCUT2D eigenvalue weighted by Gasteiger charge is 2.32. The van der Waals surface area contributed by atoms with E-state index in [1.807, 2.05) is 40.7 Å². The Balaban J connectivity index is 1.53. The second-order valence-electron chi connectivity index (χ2n) is 7.44. The van der Waals surface area contributed by atoms with E-state index in [9.17, 15) is 0 Å². The van der Waals surface area contributed by atoms with Gasteiger partial charge in [-0.1, -0.05) is 18.2 Å². The SMILES string of the molecule is COc1ccc([C@H]2CC(c3cccs3)=NN2c2nc(-c3cc(OC)ccc3OC)cs2)cc1. The maximum atomic E-state index is 5.57. The first kappa shape index (κ1) is 21.5. The molecule has 2 aromatic carbocycles. The van der Waals surface area contributed by atoms with Crippen LogP contribution in [-0.2, 0) is 0 Å². The lowest BCUT2D eigenvalue weighted by molar-refractivity contribution is 0.404. The van der Waals surface area contributed by atoms with Gasteiger partial charge in [0, 0.05) is 17.4 Å². The van der Waals surface area contributed by atoms with E-state index >= 15 is 0 Å². The lowest BCUT2D eigenvalue weighted by atomic mass is 10.0. The fourth-order valence-electron chi connectivity index (χ4n) is 3.87. The Hall–Kier alpha value is -3.36. The fraction of sp³-hybridized carbons (Fsp3) is 0.200. The van der Waals surface area contributed by atoms with Crippen molar-refractivity contribution in [2.24, 2.45) is 5.10 Å². The Morgan fingerprint density at radius 2 is 1.70 bits per heavy atom. The van der Waals surface area contributed by atoms with Crippen molar-refractivity contribution in [3.05, 3.63) is 75.8 Å². The molecule has 0 radical (unpaired) electrons. The van der Waals surface area contributed by atoms with Crippen LogP contribution in [-0.4, -0.2) is 32.0 Å². The molecule has 168 valence electrons. The second kappa shape index (κ2) is 9.25. The van der Waals surface area contributed by atoms with Crippen LogP contribution in [0.1, 0.15) is 22.9 Å². The molecule has 0 N–H and O–H groups in total. The monoisotopic (exact) mass is 477 g/mol. The fourth-order valence-corrected chi connectivity index (χ4v) is 5.42. The van der Waals surface area contributed by atoms with Crippen LogP contribution >= 0.6 is 22.7 Å². The number of benzene rings is 2. The molecule has 0 fully saturated rings. The zero-order chi connectivity index (χ0) is 22.8. The number of ether oxygens (including phenoxy) is 3. The molecule has 0 unspecified atom stereocenters. The minimum atomic E-state index is 0.0548. The van der Waals surface area contributed by atoms with Crippen LogP contribution in [0.15, 0.2) is 70.5 Å². The second-order valence-corrected chi connectivity index (χ2v) is 9.23. The predicted molar refractivity (Wildman–Crippen MR) is 134 cm³/mol. The van der Waals surface area contributed by atoms with Crippen LogP contribution in [0.5, 0.6) is 17.2 Å². The maximum Gasteiger partial charge on any atom is 0.207 e. The van der Waals surface area contributed by atoms with Gasteiger partial charge in [-0.25, -0.2) is 9.99 Å². The first-order valence-corrected chi connectivity index (χ1v) is 12.2. The van der Waals surface area contributed by atoms with Crippen LogP contribution in [0.4, 0.5) is 5.13 Å². The number of hydrazone groups is 1. The van der Waals surface area contributed by atoms with Crippen molar-refractivity contribution in [1.29, 1.82) is 0 Å². The van der Waals surface area contributed by atoms with E-state index in [-0.39, 0.29) is 6.04 Å². The van der Waals surface area contributed by atoms with E-state index in [0.29, 0.717) is 0 Å². The smallest absolute Gasteiger partial charge is 0.207 e. The molecule has 1 atom stereocenters. The summed E-state index contributed by atoms with van der Waals surface area (Å²) in [6, 6.07) is 18.1. The van der Waals surface area contributed by atoms with Gasteiger partial charge in [0.15, 0.2) is 0 Å². The van der Waals surface area contributed by atoms with Gasteiger partial charge >= 0.3 is 0 Å². The molecule has 8 heteroatoms. The Morgan fingerprint density at radius 1 is 0.909 bits per heavy atom. The van der Waals surface area contributed by atoms with E-state index in [4.69, 9.17) is 24.3 Å². The number of anilines is 1. The highest BCUT2D eigenvalue weighted by atomic mass is 32.1. The third-order valence-electron chi connectivity index (χ3n) is 5.59. The van der Waals surface area contributed by atoms with Gasteiger partial charge in [-0.2, -0.15) is 5.10 Å². The van der Waals surface area contributed by atoms with Gasteiger partial charge in [0.25, 0.3) is 0 Å². The first-order valence-electron chi connectivity index (χ1n) is 10.4. The lowest BCUT2D eigenvalue weighted by Gasteiger charge is -2.21. The molecular weight excluding hydrogens is 454 g/mol. The summed E-state index contributed by atoms with van der Waals surface area (Å²) in [6.07, 6.45) is 0.810. The minimum Gasteiger partial charge on any atom is -0.497 e. The van der Waals surface area contributed by atoms with Gasteiger partial charge in [-0.05, 0) is 47.3 Å². The molecule has 0 saturated carbocycles. The predicted octanol–water partition coefficient (Wildman–Crippen LogP) is 6.25. The molecule has 2 aromatic heterocycles. The normalized spacial score (nSPS) is 15.4. The van der Waals surface area contributed by atoms with Gasteiger partial charge in [0.1, 0.15) is 17.2 Å². The zero-order valence-electron chi connectivity index (χ0n) is 18.5. The van der Waals surface area contributed by atoms with E-state index in [0.717, 1.165) is 45.8 Å². The Kier molecular flexibility index (Phi) is 6.02. The minimum absolute atomic E-state index is 0.0548. The third kappa shape index (κ3) is 4.19. The molecule has 6 nitrogen and oxygen atoms in total. The Morgan fingerprint density at radius 3 is 2.39 bits per heavy atom. The Bertz CT molecular complexity index is 1270. The van der Waals surface area contributed by atoms with Crippen molar-refractivity contribution in [2.45, 2.75) is 12.5 Å². The number of nitrogens with zero attached hydrogens (tertiary/aromatic N) is 3. The van der Waals surface area contributed by atoms with Crippen LogP contribution in [0.3, 0.4) is 0 Å². The third-order valence-corrected chi connectivity index (χ3v) is 7.34. The number of rotatable bonds is 7. The first-order chi connectivity index (χ1) is 16.2. The number of methoxy groups -OCH3 is 3. The molecule has 0 bridgehead atoms. The van der Waals surface area contributed by atoms with Gasteiger partial charge in [0.2, 0.25) is 5.13 Å². The highest BCUT2D eigenvalue weighted by molar-refractivity contribution is 7.14. The summed E-state index contributed by atoms with van der Waals surface area (Å²) in [5, 5.41) is 12.0. The summed E-state index contributed by atoms with van der Waals surface area (Å²) in [4.78, 5) is 6.13. The van der Waals surface area contributed by atoms with Crippen molar-refractivity contribution in [3.8, 4) is 28.5 Å². The molecule has 5 rings (SSSR count). The van der Waals surface area contributed by atoms with Crippen LogP contribution in [0, 0.1) is 0 Å². The zero-order valence-corrected chi connectivity index (χ0v) is 20.2. The van der Waals surface area contributed by atoms with Crippen molar-refractivity contribution in [1.82, 2.24) is 4.98 Å². The molecule has 3 heterocycles. The standard InChI is InChI=1S/C25H23N3O3S2/c1-29-17-8-6-16(7-9-17)22-14-20(24-5-4-12-32-24)27-28(22)25-26-21(15-33-25)19-13-18(30-2)10-11-23(19)31-3/h4-13,15,22H,14H2,1-3H3/t22-/m1/s1. The number of thiazole rings is 1. The number of hydrogen-bond acceptors (Lipinski definition) is 8. The van der Waals surface area contributed by atoms with Gasteiger partial charge in [0.05, 0.1) is 43.7 Å². The lowest BCUT2D eigenvalue weighted by Crippen LogP contribution is -2.18. The van der Waals surface area contributed by atoms with Crippen LogP contribution in [0.2, 0.25) is 0 Å². The molecular formula is C25H23N3O3S2. The molecule has 1 aliphatic rings. The van der Waals surface area contributed by atoms with E-state index < -0.39 is 0 Å². The van der Waals surface area contributed by atoms with Crippen LogP contribution in [0.25, 0.3) is 11.3 Å². The average molecular weight is 478 g/mol. The van der Waals surface area contributed by atoms with Crippen molar-refractivity contribution < 1.29 is 14.2 Å². The van der Waals surface area contributed by atoms with Crippen molar-refractivity contribution >= 4 is 33.5 Å². The number of thiophene rings is 1. The van der Waals surface area contributed by atoms with Crippen molar-refractivity contribution in [2.75, 3.05) is 26.3 Å². The summed E-state index contributed by atoms with van der Waals surface area (Å²) >= 11 is 3.28. The molecule has 1 aliphatic heterocycles. The summed E-state index contributed by atoms with van der Waals surface area (Å²) in [5.74, 6) is 2.35. The number of aromatic nitrogens is 1. The summed E-state index contributed by atoms with van der Waals surface area (Å²) in [5.41, 5.74) is 3.96. The summed E-state index contributed by atoms with van der Waals surface area (Å²) in [6.45, 7) is 0. The molecule has 4 aromatic rings. The average Bonchev–Trinajstić information content (AvgIpc) is 3.63. The largest absolute Gasteiger partial charge is 0.497 e. The van der Waals surface area contributed by atoms with Gasteiger partial charge < -0.3 is 14.2 Å². The highest BCUT2D eigenvalue weighted by Crippen LogP contribution is 2.42. The van der Waals surface area contributed by atoms with E-state index in [1.165, 1.54) is 10.4 Å². The molecule has 0 saturated heterocycles. The Labute approximate surface area is 200 Å².